The predicted octanol–water partition coefficient (Wildman–Crippen LogP) is 3.14. The Bertz CT molecular complexity index is 1130. The molecule has 1 amide bonds. The normalized spacial score (nSPS) is 47.3. The number of nitrogens with two attached hydrogens (primary N) is 2. The topological polar surface area (TPSA) is 166 Å². The maximum Gasteiger partial charge on any atom is 0.303 e. The van der Waals surface area contributed by atoms with Crippen molar-refractivity contribution in [2.24, 2.45) is 46.0 Å². The van der Waals surface area contributed by atoms with Crippen LogP contribution >= 0.6 is 0 Å². The van der Waals surface area contributed by atoms with Gasteiger partial charge >= 0.3 is 17.9 Å². The zero-order valence-corrected chi connectivity index (χ0v) is 26.5. The fourth-order valence-electron chi connectivity index (χ4n) is 10.1. The van der Waals surface area contributed by atoms with Crippen LogP contribution in [0.25, 0.3) is 0 Å². The van der Waals surface area contributed by atoms with Crippen LogP contribution in [0, 0.1) is 34.5 Å². The van der Waals surface area contributed by atoms with Crippen molar-refractivity contribution >= 4 is 23.8 Å². The second kappa shape index (κ2) is 11.6. The third-order valence-corrected chi connectivity index (χ3v) is 12.3. The Balaban J connectivity index is 1.32. The first-order valence-electron chi connectivity index (χ1n) is 16.0. The van der Waals surface area contributed by atoms with E-state index in [4.69, 9.17) is 35.2 Å². The van der Waals surface area contributed by atoms with Crippen LogP contribution in [0.4, 0.5) is 0 Å². The van der Waals surface area contributed by atoms with Crippen molar-refractivity contribution in [2.75, 3.05) is 0 Å². The number of amides is 1. The zero-order chi connectivity index (χ0) is 31.5. The molecule has 0 spiro atoms. The number of ether oxygens (including phenoxy) is 5. The molecule has 5 aliphatic rings. The van der Waals surface area contributed by atoms with Crippen molar-refractivity contribution in [1.82, 2.24) is 0 Å². The van der Waals surface area contributed by atoms with Crippen LogP contribution in [-0.2, 0) is 42.9 Å². The van der Waals surface area contributed by atoms with Crippen molar-refractivity contribution < 1.29 is 42.9 Å². The molecule has 5 fully saturated rings. The second-order valence-corrected chi connectivity index (χ2v) is 14.4. The third kappa shape index (κ3) is 5.47. The summed E-state index contributed by atoms with van der Waals surface area (Å²) >= 11 is 0. The first-order valence-corrected chi connectivity index (χ1v) is 16.0. The van der Waals surface area contributed by atoms with Crippen LogP contribution in [0.3, 0.4) is 0 Å². The molecule has 4 saturated carbocycles. The maximum absolute atomic E-state index is 12.4. The molecule has 11 heteroatoms. The number of hydrogen-bond donors (Lipinski definition) is 2. The van der Waals surface area contributed by atoms with Crippen LogP contribution in [-0.4, -0.2) is 66.2 Å². The molecule has 0 radical (unpaired) electrons. The molecule has 5 rings (SSSR count). The molecule has 1 aliphatic heterocycles. The lowest BCUT2D eigenvalue weighted by Crippen LogP contribution is -2.67. The van der Waals surface area contributed by atoms with Gasteiger partial charge in [-0.3, -0.25) is 19.2 Å². The molecule has 7 unspecified atom stereocenters. The van der Waals surface area contributed by atoms with Gasteiger partial charge in [-0.25, -0.2) is 0 Å². The van der Waals surface area contributed by atoms with Crippen LogP contribution in [0.1, 0.15) is 99.3 Å². The number of fused-ring (bicyclic) bond motifs is 5. The van der Waals surface area contributed by atoms with Crippen molar-refractivity contribution in [3.8, 4) is 0 Å². The van der Waals surface area contributed by atoms with E-state index >= 15 is 0 Å². The van der Waals surface area contributed by atoms with Gasteiger partial charge < -0.3 is 35.2 Å². The largest absolute Gasteiger partial charge is 0.456 e. The predicted molar refractivity (Wildman–Crippen MR) is 154 cm³/mol. The van der Waals surface area contributed by atoms with Gasteiger partial charge in [-0.05, 0) is 93.3 Å². The summed E-state index contributed by atoms with van der Waals surface area (Å²) in [5.41, 5.74) is 12.6. The van der Waals surface area contributed by atoms with Crippen LogP contribution in [0.15, 0.2) is 0 Å². The van der Waals surface area contributed by atoms with Crippen molar-refractivity contribution in [3.05, 3.63) is 0 Å². The highest BCUT2D eigenvalue weighted by molar-refractivity contribution is 5.78. The highest BCUT2D eigenvalue weighted by atomic mass is 16.7. The minimum Gasteiger partial charge on any atom is -0.456 e. The number of carbonyl (C=O) groups excluding carboxylic acids is 4. The molecule has 0 bridgehead atoms. The number of esters is 3. The van der Waals surface area contributed by atoms with Gasteiger partial charge in [0.15, 0.2) is 24.6 Å². The molecule has 1 heterocycles. The zero-order valence-electron chi connectivity index (χ0n) is 26.5. The summed E-state index contributed by atoms with van der Waals surface area (Å²) in [7, 11) is 0. The fraction of sp³-hybridized carbons (Fsp3) is 0.875. The Kier molecular flexibility index (Phi) is 8.68. The molecule has 4 aliphatic carbocycles. The molecule has 11 nitrogen and oxygen atoms in total. The van der Waals surface area contributed by atoms with E-state index < -0.39 is 48.6 Å². The highest BCUT2D eigenvalue weighted by Crippen LogP contribution is 2.68. The number of rotatable bonds is 6. The lowest BCUT2D eigenvalue weighted by molar-refractivity contribution is -0.315. The Labute approximate surface area is 254 Å². The summed E-state index contributed by atoms with van der Waals surface area (Å²) < 4.78 is 29.3. The third-order valence-electron chi connectivity index (χ3n) is 12.3. The fourth-order valence-corrected chi connectivity index (χ4v) is 10.1. The first kappa shape index (κ1) is 32.2. The lowest BCUT2D eigenvalue weighted by Gasteiger charge is -2.64. The molecular weight excluding hydrogens is 556 g/mol. The molecule has 242 valence electrons. The van der Waals surface area contributed by atoms with Gasteiger partial charge in [-0.15, -0.1) is 0 Å². The molecular formula is C32H50N2O9. The molecule has 13 atom stereocenters. The average Bonchev–Trinajstić information content (AvgIpc) is 3.19. The van der Waals surface area contributed by atoms with E-state index in [1.54, 1.807) is 6.92 Å². The van der Waals surface area contributed by atoms with Crippen LogP contribution in [0.2, 0.25) is 0 Å². The first-order chi connectivity index (χ1) is 20.1. The smallest absolute Gasteiger partial charge is 0.303 e. The Morgan fingerprint density at radius 1 is 0.767 bits per heavy atom. The molecule has 1 saturated heterocycles. The Morgan fingerprint density at radius 2 is 1.40 bits per heavy atom. The summed E-state index contributed by atoms with van der Waals surface area (Å²) in [5, 5.41) is 0. The molecule has 0 aromatic carbocycles. The Hall–Kier alpha value is -2.24. The van der Waals surface area contributed by atoms with Crippen LogP contribution in [0.5, 0.6) is 0 Å². The average molecular weight is 607 g/mol. The van der Waals surface area contributed by atoms with Gasteiger partial charge in [0.25, 0.3) is 0 Å². The van der Waals surface area contributed by atoms with E-state index in [0.29, 0.717) is 17.8 Å². The van der Waals surface area contributed by atoms with Gasteiger partial charge in [-0.1, -0.05) is 13.8 Å². The Morgan fingerprint density at radius 3 is 2.02 bits per heavy atom. The highest BCUT2D eigenvalue weighted by Gasteiger charge is 2.67. The summed E-state index contributed by atoms with van der Waals surface area (Å²) in [6.07, 6.45) is 3.25. The van der Waals surface area contributed by atoms with Gasteiger partial charge in [0, 0.05) is 32.2 Å². The molecule has 0 aromatic rings. The minimum atomic E-state index is -1.10. The molecule has 4 N–H and O–H groups in total. The van der Waals surface area contributed by atoms with Crippen LogP contribution < -0.4 is 11.5 Å². The summed E-state index contributed by atoms with van der Waals surface area (Å²) in [4.78, 5) is 48.4. The van der Waals surface area contributed by atoms with E-state index in [1.807, 2.05) is 0 Å². The van der Waals surface area contributed by atoms with Gasteiger partial charge in [-0.2, -0.15) is 0 Å². The summed E-state index contributed by atoms with van der Waals surface area (Å²) in [6, 6.07) is 0. The van der Waals surface area contributed by atoms with E-state index in [9.17, 15) is 19.2 Å². The quantitative estimate of drug-likeness (QED) is 0.260. The SMILES string of the molecule is CC(=O)OC1C(C)OC(O[C@H]2CC[C@]3(C)C4CC[C@]5(C)[C@@H](C(N)=O)CC[C@]5(N)C4CC[C@@H]3C2)C(OC(C)=O)C1OC(C)=O. The minimum absolute atomic E-state index is 0.0952. The summed E-state index contributed by atoms with van der Waals surface area (Å²) in [6.45, 7) is 10.1. The molecule has 43 heavy (non-hydrogen) atoms. The standard InChI is InChI=1S/C32H50N2O9/c1-16-25(40-17(2)35)26(41-18(3)36)27(42-19(4)37)29(39-16)43-21-9-12-30(5)20(15-21)7-8-23-22(30)10-13-31(6)24(28(33)38)11-14-32(23,31)34/h16,20-27,29H,7-15,34H2,1-6H3,(H2,33,38)/t16?,20-,21+,22?,23?,24-,25?,26?,27?,29?,30+,31-,32+/m1/s1. The second-order valence-electron chi connectivity index (χ2n) is 14.4. The van der Waals surface area contributed by atoms with Gasteiger partial charge in [0.05, 0.1) is 12.2 Å². The van der Waals surface area contributed by atoms with E-state index in [-0.39, 0.29) is 34.3 Å². The van der Waals surface area contributed by atoms with Gasteiger partial charge in [0.1, 0.15) is 0 Å². The number of primary amides is 1. The monoisotopic (exact) mass is 606 g/mol. The van der Waals surface area contributed by atoms with E-state index in [1.165, 1.54) is 20.8 Å². The van der Waals surface area contributed by atoms with Crippen molar-refractivity contribution in [2.45, 2.75) is 142 Å². The number of carbonyl (C=O) groups is 4. The van der Waals surface area contributed by atoms with Crippen molar-refractivity contribution in [3.63, 3.8) is 0 Å². The van der Waals surface area contributed by atoms with E-state index in [2.05, 4.69) is 13.8 Å². The lowest BCUT2D eigenvalue weighted by atomic mass is 9.42. The molecule has 0 aromatic heterocycles. The van der Waals surface area contributed by atoms with Gasteiger partial charge in [0.2, 0.25) is 5.91 Å². The van der Waals surface area contributed by atoms with Crippen molar-refractivity contribution in [1.29, 1.82) is 0 Å². The van der Waals surface area contributed by atoms with E-state index in [0.717, 1.165) is 57.8 Å². The summed E-state index contributed by atoms with van der Waals surface area (Å²) in [5.74, 6) is -0.883. The number of hydrogen-bond acceptors (Lipinski definition) is 10. The maximum atomic E-state index is 12.4.